The molecule has 0 saturated heterocycles. The summed E-state index contributed by atoms with van der Waals surface area (Å²) >= 11 is 0. The molecular weight excluding hydrogens is 316 g/mol. The second-order valence-corrected chi connectivity index (χ2v) is 5.87. The fourth-order valence-electron chi connectivity index (χ4n) is 2.37. The van der Waals surface area contributed by atoms with Crippen LogP contribution < -0.4 is 10.1 Å². The van der Waals surface area contributed by atoms with E-state index in [1.807, 2.05) is 55.5 Å². The van der Waals surface area contributed by atoms with Crippen molar-refractivity contribution in [1.29, 1.82) is 0 Å². The number of rotatable bonds is 7. The third kappa shape index (κ3) is 4.47. The van der Waals surface area contributed by atoms with Crippen LogP contribution in [0.4, 0.5) is 0 Å². The molecule has 0 bridgehead atoms. The first kappa shape index (κ1) is 17.2. The summed E-state index contributed by atoms with van der Waals surface area (Å²) in [5, 5.41) is 3.65. The highest BCUT2D eigenvalue weighted by molar-refractivity contribution is 5.90. The summed E-state index contributed by atoms with van der Waals surface area (Å²) in [7, 11) is 0. The van der Waals surface area contributed by atoms with E-state index < -0.39 is 12.0 Å². The Bertz CT molecular complexity index is 843. The van der Waals surface area contributed by atoms with Crippen LogP contribution >= 0.6 is 0 Å². The highest BCUT2D eigenvalue weighted by Gasteiger charge is 2.17. The van der Waals surface area contributed by atoms with Crippen LogP contribution in [0, 0.1) is 13.7 Å². The molecule has 5 nitrogen and oxygen atoms in total. The number of fused-ring (bicyclic) bond motifs is 1. The normalized spacial score (nSPS) is 12.2. The number of hydrogen-bond acceptors (Lipinski definition) is 4. The standard InChI is InChI=1S/C20H20N2O3/c1-14-8-9-18-17(10-14)19(11-21-18)25-20(23)15(2)22-13-24-12-16-6-4-3-5-7-16/h3-11,15,21-22H,12H2,1-2H3/t15-/m0/s1. The van der Waals surface area contributed by atoms with E-state index in [1.54, 1.807) is 13.1 Å². The van der Waals surface area contributed by atoms with Crippen molar-refractivity contribution in [3.63, 3.8) is 0 Å². The van der Waals surface area contributed by atoms with Crippen LogP contribution in [0.25, 0.3) is 10.9 Å². The Morgan fingerprint density at radius 3 is 2.84 bits per heavy atom. The Labute approximate surface area is 147 Å². The van der Waals surface area contributed by atoms with Crippen molar-refractivity contribution in [2.24, 2.45) is 0 Å². The second kappa shape index (κ2) is 7.96. The van der Waals surface area contributed by atoms with Gasteiger partial charge in [-0.05, 0) is 31.5 Å². The van der Waals surface area contributed by atoms with E-state index in [0.29, 0.717) is 12.4 Å². The van der Waals surface area contributed by atoms with Crippen LogP contribution in [-0.4, -0.2) is 17.0 Å². The van der Waals surface area contributed by atoms with Gasteiger partial charge < -0.3 is 14.5 Å². The molecule has 1 heterocycles. The first-order valence-corrected chi connectivity index (χ1v) is 8.09. The van der Waals surface area contributed by atoms with E-state index in [2.05, 4.69) is 17.0 Å². The Kier molecular flexibility index (Phi) is 5.48. The minimum Gasteiger partial charge on any atom is -0.423 e. The Hall–Kier alpha value is -2.63. The smallest absolute Gasteiger partial charge is 0.328 e. The summed E-state index contributed by atoms with van der Waals surface area (Å²) in [5.74, 6) is 0.112. The van der Waals surface area contributed by atoms with Gasteiger partial charge >= 0.3 is 5.97 Å². The number of H-pyrrole nitrogens is 1. The van der Waals surface area contributed by atoms with E-state index in [-0.39, 0.29) is 0 Å². The predicted molar refractivity (Wildman–Crippen MR) is 95.7 cm³/mol. The van der Waals surface area contributed by atoms with Crippen molar-refractivity contribution in [3.05, 3.63) is 72.6 Å². The lowest BCUT2D eigenvalue weighted by Gasteiger charge is -2.12. The number of carbonyl (C=O) groups is 1. The quantitative estimate of drug-likeness (QED) is 0.393. The Morgan fingerprint density at radius 2 is 2.04 bits per heavy atom. The lowest BCUT2D eigenvalue weighted by atomic mass is 10.2. The van der Waals surface area contributed by atoms with E-state index in [1.165, 1.54) is 0 Å². The number of aromatic amines is 1. The van der Waals surface area contributed by atoms with Gasteiger partial charge in [0.25, 0.3) is 0 Å². The highest BCUT2D eigenvalue weighted by Crippen LogP contribution is 2.26. The van der Waals surface area contributed by atoms with E-state index in [0.717, 1.165) is 22.0 Å². The van der Waals surface area contributed by atoms with Crippen LogP contribution in [0.15, 0.2) is 54.7 Å². The SMILES string of the molecule is Cc1ccc2[nH]cc(OC(=O)[C@H](C)N[C]OCc3ccccc3)c2c1. The third-order valence-corrected chi connectivity index (χ3v) is 3.79. The van der Waals surface area contributed by atoms with Gasteiger partial charge in [0, 0.05) is 17.1 Å². The molecular formula is C20H20N2O3. The average Bonchev–Trinajstić information content (AvgIpc) is 3.01. The molecule has 2 aromatic carbocycles. The highest BCUT2D eigenvalue weighted by atomic mass is 16.5. The van der Waals surface area contributed by atoms with Crippen LogP contribution in [-0.2, 0) is 16.1 Å². The van der Waals surface area contributed by atoms with Gasteiger partial charge in [0.2, 0.25) is 6.73 Å². The summed E-state index contributed by atoms with van der Waals surface area (Å²) in [4.78, 5) is 15.3. The van der Waals surface area contributed by atoms with E-state index in [9.17, 15) is 4.79 Å². The van der Waals surface area contributed by atoms with Crippen LogP contribution in [0.1, 0.15) is 18.1 Å². The molecule has 0 saturated carbocycles. The van der Waals surface area contributed by atoms with Crippen molar-refractivity contribution < 1.29 is 14.3 Å². The molecule has 128 valence electrons. The first-order chi connectivity index (χ1) is 12.1. The number of carbonyl (C=O) groups excluding carboxylic acids is 1. The molecule has 1 atom stereocenters. The zero-order valence-electron chi connectivity index (χ0n) is 14.2. The lowest BCUT2D eigenvalue weighted by molar-refractivity contribution is -0.136. The van der Waals surface area contributed by atoms with Crippen molar-refractivity contribution in [1.82, 2.24) is 10.3 Å². The predicted octanol–water partition coefficient (Wildman–Crippen LogP) is 3.57. The molecule has 0 spiro atoms. The van der Waals surface area contributed by atoms with Gasteiger partial charge in [0.15, 0.2) is 5.75 Å². The van der Waals surface area contributed by atoms with Gasteiger partial charge in [-0.3, -0.25) is 5.32 Å². The van der Waals surface area contributed by atoms with Crippen molar-refractivity contribution in [3.8, 4) is 5.75 Å². The summed E-state index contributed by atoms with van der Waals surface area (Å²) in [6.07, 6.45) is 1.69. The van der Waals surface area contributed by atoms with Gasteiger partial charge in [-0.15, -0.1) is 0 Å². The Balaban J connectivity index is 1.49. The van der Waals surface area contributed by atoms with Gasteiger partial charge in [-0.1, -0.05) is 42.0 Å². The maximum absolute atomic E-state index is 12.2. The molecule has 25 heavy (non-hydrogen) atoms. The number of aryl methyl sites for hydroxylation is 1. The Morgan fingerprint density at radius 1 is 1.24 bits per heavy atom. The van der Waals surface area contributed by atoms with E-state index >= 15 is 0 Å². The van der Waals surface area contributed by atoms with Crippen molar-refractivity contribution in [2.45, 2.75) is 26.5 Å². The van der Waals surface area contributed by atoms with Gasteiger partial charge in [0.1, 0.15) is 6.04 Å². The molecule has 0 amide bonds. The monoisotopic (exact) mass is 336 g/mol. The molecule has 0 aliphatic heterocycles. The number of aromatic nitrogens is 1. The van der Waals surface area contributed by atoms with Crippen LogP contribution in [0.2, 0.25) is 0 Å². The fourth-order valence-corrected chi connectivity index (χ4v) is 2.37. The zero-order valence-corrected chi connectivity index (χ0v) is 14.2. The second-order valence-electron chi connectivity index (χ2n) is 5.87. The number of esters is 1. The van der Waals surface area contributed by atoms with Crippen LogP contribution in [0.5, 0.6) is 5.75 Å². The van der Waals surface area contributed by atoms with Crippen molar-refractivity contribution in [2.75, 3.05) is 0 Å². The largest absolute Gasteiger partial charge is 0.423 e. The maximum atomic E-state index is 12.2. The zero-order chi connectivity index (χ0) is 17.6. The van der Waals surface area contributed by atoms with Gasteiger partial charge in [-0.2, -0.15) is 0 Å². The molecule has 0 fully saturated rings. The summed E-state index contributed by atoms with van der Waals surface area (Å²) < 4.78 is 10.8. The molecule has 2 radical (unpaired) electrons. The fraction of sp³-hybridized carbons (Fsp3) is 0.200. The summed E-state index contributed by atoms with van der Waals surface area (Å²) in [5.41, 5.74) is 3.06. The molecule has 0 unspecified atom stereocenters. The van der Waals surface area contributed by atoms with Crippen molar-refractivity contribution >= 4 is 16.9 Å². The first-order valence-electron chi connectivity index (χ1n) is 8.09. The summed E-state index contributed by atoms with van der Waals surface area (Å²) in [6, 6.07) is 15.1. The maximum Gasteiger partial charge on any atom is 0.328 e. The molecule has 0 aliphatic rings. The number of nitrogens with one attached hydrogen (secondary N) is 2. The molecule has 0 aliphatic carbocycles. The van der Waals surface area contributed by atoms with Gasteiger partial charge in [-0.25, -0.2) is 4.79 Å². The lowest BCUT2D eigenvalue weighted by Crippen LogP contribution is -2.35. The minimum absolute atomic E-state index is 0.386. The summed E-state index contributed by atoms with van der Waals surface area (Å²) in [6.45, 7) is 6.66. The minimum atomic E-state index is -0.578. The number of benzene rings is 2. The molecule has 1 aromatic heterocycles. The topological polar surface area (TPSA) is 63.4 Å². The average molecular weight is 336 g/mol. The third-order valence-electron chi connectivity index (χ3n) is 3.79. The molecule has 3 aromatic rings. The van der Waals surface area contributed by atoms with E-state index in [4.69, 9.17) is 9.47 Å². The number of ether oxygens (including phenoxy) is 2. The molecule has 5 heteroatoms. The number of hydrogen-bond donors (Lipinski definition) is 2. The molecule has 2 N–H and O–H groups in total. The van der Waals surface area contributed by atoms with Crippen LogP contribution in [0.3, 0.4) is 0 Å². The van der Waals surface area contributed by atoms with Gasteiger partial charge in [0.05, 0.1) is 6.61 Å². The molecule has 3 rings (SSSR count).